The molecular formula is C30H28N2O3. The largest absolute Gasteiger partial charge is 0.489 e. The molecule has 1 atom stereocenters. The Labute approximate surface area is 205 Å². The Bertz CT molecular complexity index is 1380. The van der Waals surface area contributed by atoms with Gasteiger partial charge < -0.3 is 9.64 Å². The third-order valence-corrected chi connectivity index (χ3v) is 6.89. The average Bonchev–Trinajstić information content (AvgIpc) is 3.17. The number of likely N-dealkylation sites (tertiary alicyclic amines) is 1. The molecule has 1 unspecified atom stereocenters. The number of ether oxygens (including phenoxy) is 1. The molecule has 176 valence electrons. The molecule has 0 bridgehead atoms. The number of para-hydroxylation sites is 1. The van der Waals surface area contributed by atoms with Gasteiger partial charge in [0.1, 0.15) is 12.4 Å². The van der Waals surface area contributed by atoms with E-state index in [1.807, 2.05) is 74.5 Å². The van der Waals surface area contributed by atoms with Gasteiger partial charge in [0.15, 0.2) is 5.78 Å². The minimum atomic E-state index is -0.645. The van der Waals surface area contributed by atoms with Crippen molar-refractivity contribution in [2.24, 2.45) is 0 Å². The number of nitrogens with zero attached hydrogens (tertiary/aromatic N) is 2. The monoisotopic (exact) mass is 464 g/mol. The van der Waals surface area contributed by atoms with Gasteiger partial charge in [-0.2, -0.15) is 0 Å². The number of aromatic nitrogens is 1. The number of hydrogen-bond donors (Lipinski definition) is 0. The summed E-state index contributed by atoms with van der Waals surface area (Å²) in [4.78, 5) is 32.2. The van der Waals surface area contributed by atoms with Crippen LogP contribution in [0.1, 0.15) is 40.5 Å². The summed E-state index contributed by atoms with van der Waals surface area (Å²) < 4.78 is 6.09. The molecule has 1 amide bonds. The SMILES string of the molecule is Cc1cc(COc2ccc(C3(C)CCN(CC(=O)c4ccccc4)C3=O)cc2)c2ccccc2n1. The first-order valence-electron chi connectivity index (χ1n) is 11.9. The van der Waals surface area contributed by atoms with Gasteiger partial charge >= 0.3 is 0 Å². The molecule has 1 aromatic heterocycles. The van der Waals surface area contributed by atoms with Crippen LogP contribution < -0.4 is 4.74 Å². The molecule has 3 aromatic carbocycles. The van der Waals surface area contributed by atoms with Gasteiger partial charge in [-0.05, 0) is 50.1 Å². The smallest absolute Gasteiger partial charge is 0.233 e. The summed E-state index contributed by atoms with van der Waals surface area (Å²) in [6.45, 7) is 5.07. The average molecular weight is 465 g/mol. The number of pyridine rings is 1. The number of fused-ring (bicyclic) bond motifs is 1. The van der Waals surface area contributed by atoms with Crippen LogP contribution in [0, 0.1) is 6.92 Å². The number of aryl methyl sites for hydroxylation is 1. The molecule has 1 aliphatic rings. The van der Waals surface area contributed by atoms with Gasteiger partial charge in [0.05, 0.1) is 17.5 Å². The minimum absolute atomic E-state index is 0.00539. The molecule has 5 nitrogen and oxygen atoms in total. The third-order valence-electron chi connectivity index (χ3n) is 6.89. The number of carbonyl (C=O) groups is 2. The Hall–Kier alpha value is -3.99. The molecule has 1 saturated heterocycles. The lowest BCUT2D eigenvalue weighted by atomic mass is 9.81. The van der Waals surface area contributed by atoms with Gasteiger partial charge in [0.2, 0.25) is 5.91 Å². The zero-order valence-corrected chi connectivity index (χ0v) is 20.0. The van der Waals surface area contributed by atoms with Gasteiger partial charge in [0.25, 0.3) is 0 Å². The van der Waals surface area contributed by atoms with Crippen LogP contribution in [0.2, 0.25) is 0 Å². The molecule has 0 radical (unpaired) electrons. The number of amides is 1. The highest BCUT2D eigenvalue weighted by molar-refractivity contribution is 6.01. The molecule has 5 rings (SSSR count). The van der Waals surface area contributed by atoms with Crippen LogP contribution in [0.25, 0.3) is 10.9 Å². The summed E-state index contributed by atoms with van der Waals surface area (Å²) in [5, 5.41) is 1.09. The van der Waals surface area contributed by atoms with Crippen molar-refractivity contribution in [3.63, 3.8) is 0 Å². The fraction of sp³-hybridized carbons (Fsp3) is 0.233. The van der Waals surface area contributed by atoms with Crippen LogP contribution in [-0.4, -0.2) is 34.7 Å². The second-order valence-corrected chi connectivity index (χ2v) is 9.35. The Morgan fingerprint density at radius 1 is 1.00 bits per heavy atom. The standard InChI is InChI=1S/C30H28N2O3/c1-21-18-23(26-10-6-7-11-27(26)31-21)20-35-25-14-12-24(13-15-25)30(2)16-17-32(29(30)34)19-28(33)22-8-4-3-5-9-22/h3-15,18H,16-17,19-20H2,1-2H3. The summed E-state index contributed by atoms with van der Waals surface area (Å²) in [6, 6.07) is 27.0. The highest BCUT2D eigenvalue weighted by atomic mass is 16.5. The van der Waals surface area contributed by atoms with Crippen molar-refractivity contribution >= 4 is 22.6 Å². The molecule has 0 saturated carbocycles. The Morgan fingerprint density at radius 2 is 1.71 bits per heavy atom. The van der Waals surface area contributed by atoms with Gasteiger partial charge in [-0.25, -0.2) is 0 Å². The molecule has 0 N–H and O–H groups in total. The van der Waals surface area contributed by atoms with E-state index in [9.17, 15) is 9.59 Å². The van der Waals surface area contributed by atoms with Crippen LogP contribution in [0.5, 0.6) is 5.75 Å². The molecule has 5 heteroatoms. The Balaban J connectivity index is 1.26. The fourth-order valence-electron chi connectivity index (χ4n) is 4.82. The maximum absolute atomic E-state index is 13.3. The fourth-order valence-corrected chi connectivity index (χ4v) is 4.82. The van der Waals surface area contributed by atoms with Crippen molar-refractivity contribution in [1.82, 2.24) is 9.88 Å². The van der Waals surface area contributed by atoms with Gasteiger partial charge in [-0.15, -0.1) is 0 Å². The molecule has 0 aliphatic carbocycles. The van der Waals surface area contributed by atoms with E-state index in [2.05, 4.69) is 17.1 Å². The van der Waals surface area contributed by atoms with E-state index in [4.69, 9.17) is 4.74 Å². The van der Waals surface area contributed by atoms with Crippen molar-refractivity contribution in [2.75, 3.05) is 13.1 Å². The lowest BCUT2D eigenvalue weighted by Crippen LogP contribution is -2.38. The Morgan fingerprint density at radius 3 is 2.49 bits per heavy atom. The number of benzene rings is 3. The normalized spacial score (nSPS) is 17.7. The highest BCUT2D eigenvalue weighted by Crippen LogP contribution is 2.36. The lowest BCUT2D eigenvalue weighted by molar-refractivity contribution is -0.131. The minimum Gasteiger partial charge on any atom is -0.489 e. The van der Waals surface area contributed by atoms with E-state index in [1.165, 1.54) is 0 Å². The second-order valence-electron chi connectivity index (χ2n) is 9.35. The topological polar surface area (TPSA) is 59.5 Å². The van der Waals surface area contributed by atoms with E-state index in [0.717, 1.165) is 33.5 Å². The maximum atomic E-state index is 13.3. The highest BCUT2D eigenvalue weighted by Gasteiger charge is 2.44. The number of ketones is 1. The van der Waals surface area contributed by atoms with E-state index in [0.29, 0.717) is 25.1 Å². The van der Waals surface area contributed by atoms with Crippen LogP contribution in [0.15, 0.2) is 84.9 Å². The van der Waals surface area contributed by atoms with E-state index in [1.54, 1.807) is 17.0 Å². The Kier molecular flexibility index (Phi) is 6.08. The predicted molar refractivity (Wildman–Crippen MR) is 137 cm³/mol. The molecule has 1 aliphatic heterocycles. The maximum Gasteiger partial charge on any atom is 0.233 e. The van der Waals surface area contributed by atoms with Crippen molar-refractivity contribution in [3.05, 3.63) is 107 Å². The molecule has 1 fully saturated rings. The van der Waals surface area contributed by atoms with Gasteiger partial charge in [0, 0.05) is 28.8 Å². The molecule has 2 heterocycles. The van der Waals surface area contributed by atoms with Crippen molar-refractivity contribution in [3.8, 4) is 5.75 Å². The second kappa shape index (κ2) is 9.34. The third kappa shape index (κ3) is 4.54. The van der Waals surface area contributed by atoms with Crippen LogP contribution in [0.3, 0.4) is 0 Å². The predicted octanol–water partition coefficient (Wildman–Crippen LogP) is 5.50. The molecule has 4 aromatic rings. The van der Waals surface area contributed by atoms with Gasteiger partial charge in [-0.3, -0.25) is 14.6 Å². The van der Waals surface area contributed by atoms with E-state index in [-0.39, 0.29) is 18.2 Å². The van der Waals surface area contributed by atoms with E-state index >= 15 is 0 Å². The molecular weight excluding hydrogens is 436 g/mol. The first kappa shape index (κ1) is 22.8. The van der Waals surface area contributed by atoms with Gasteiger partial charge in [-0.1, -0.05) is 60.7 Å². The molecule has 35 heavy (non-hydrogen) atoms. The lowest BCUT2D eigenvalue weighted by Gasteiger charge is -2.24. The summed E-state index contributed by atoms with van der Waals surface area (Å²) >= 11 is 0. The number of Topliss-reactive ketones (excluding diaryl/α,β-unsaturated/α-hetero) is 1. The quantitative estimate of drug-likeness (QED) is 0.339. The summed E-state index contributed by atoms with van der Waals surface area (Å²) in [5.74, 6) is 0.706. The van der Waals surface area contributed by atoms with Crippen LogP contribution >= 0.6 is 0 Å². The van der Waals surface area contributed by atoms with Crippen molar-refractivity contribution in [1.29, 1.82) is 0 Å². The molecule has 0 spiro atoms. The van der Waals surface area contributed by atoms with Crippen LogP contribution in [-0.2, 0) is 16.8 Å². The number of carbonyl (C=O) groups excluding carboxylic acids is 2. The van der Waals surface area contributed by atoms with E-state index < -0.39 is 5.41 Å². The summed E-state index contributed by atoms with van der Waals surface area (Å²) in [7, 11) is 0. The van der Waals surface area contributed by atoms with Crippen molar-refractivity contribution in [2.45, 2.75) is 32.3 Å². The van der Waals surface area contributed by atoms with Crippen LogP contribution in [0.4, 0.5) is 0 Å². The number of hydrogen-bond acceptors (Lipinski definition) is 4. The van der Waals surface area contributed by atoms with Crippen molar-refractivity contribution < 1.29 is 14.3 Å². The first-order chi connectivity index (χ1) is 16.9. The zero-order chi connectivity index (χ0) is 24.4. The number of rotatable bonds is 7. The summed E-state index contributed by atoms with van der Waals surface area (Å²) in [5.41, 5.74) is 3.94. The first-order valence-corrected chi connectivity index (χ1v) is 11.9. The zero-order valence-electron chi connectivity index (χ0n) is 20.0. The summed E-state index contributed by atoms with van der Waals surface area (Å²) in [6.07, 6.45) is 0.677.